The number of nitrogens with one attached hydrogen (secondary N) is 1. The molecule has 0 unspecified atom stereocenters. The zero-order chi connectivity index (χ0) is 16.1. The van der Waals surface area contributed by atoms with E-state index in [0.29, 0.717) is 13.0 Å². The molecule has 122 valence electrons. The largest absolute Gasteiger partial charge is 0.380 e. The maximum absolute atomic E-state index is 13.6. The van der Waals surface area contributed by atoms with Crippen LogP contribution in [0.3, 0.4) is 0 Å². The lowest BCUT2D eigenvalue weighted by molar-refractivity contribution is 0.122. The van der Waals surface area contributed by atoms with Gasteiger partial charge in [-0.15, -0.1) is 0 Å². The van der Waals surface area contributed by atoms with E-state index < -0.39 is 11.6 Å². The first-order valence-electron chi connectivity index (χ1n) is 7.69. The number of morpholine rings is 1. The monoisotopic (exact) mass is 319 g/mol. The van der Waals surface area contributed by atoms with Crippen LogP contribution in [0.4, 0.5) is 20.2 Å². The lowest BCUT2D eigenvalue weighted by atomic mass is 10.1. The smallest absolute Gasteiger partial charge is 0.167 e. The summed E-state index contributed by atoms with van der Waals surface area (Å²) in [5, 5.41) is 2.83. The predicted molar refractivity (Wildman–Crippen MR) is 85.8 cm³/mol. The van der Waals surface area contributed by atoms with Crippen LogP contribution in [-0.2, 0) is 11.2 Å². The zero-order valence-corrected chi connectivity index (χ0v) is 12.8. The van der Waals surface area contributed by atoms with Gasteiger partial charge in [0.15, 0.2) is 11.6 Å². The zero-order valence-electron chi connectivity index (χ0n) is 12.8. The lowest BCUT2D eigenvalue weighted by Crippen LogP contribution is -2.36. The van der Waals surface area contributed by atoms with Gasteiger partial charge in [-0.25, -0.2) is 8.78 Å². The average Bonchev–Trinajstić information content (AvgIpc) is 2.59. The van der Waals surface area contributed by atoms with Crippen molar-refractivity contribution in [1.82, 2.24) is 4.98 Å². The predicted octanol–water partition coefficient (Wildman–Crippen LogP) is 2.85. The molecule has 1 fully saturated rings. The fourth-order valence-electron chi connectivity index (χ4n) is 2.74. The highest BCUT2D eigenvalue weighted by Gasteiger charge is 2.14. The molecule has 0 bridgehead atoms. The number of pyridine rings is 1. The van der Waals surface area contributed by atoms with Crippen molar-refractivity contribution in [3.63, 3.8) is 0 Å². The van der Waals surface area contributed by atoms with Gasteiger partial charge in [0.05, 0.1) is 25.6 Å². The van der Waals surface area contributed by atoms with E-state index in [4.69, 9.17) is 4.74 Å². The summed E-state index contributed by atoms with van der Waals surface area (Å²) in [6.45, 7) is 3.61. The summed E-state index contributed by atoms with van der Waals surface area (Å²) in [6.07, 6.45) is 2.69. The molecule has 1 aromatic heterocycles. The maximum Gasteiger partial charge on any atom is 0.167 e. The second kappa shape index (κ2) is 7.37. The number of aromatic nitrogens is 1. The van der Waals surface area contributed by atoms with Crippen LogP contribution in [0.2, 0.25) is 0 Å². The van der Waals surface area contributed by atoms with E-state index in [0.717, 1.165) is 49.9 Å². The Kier molecular flexibility index (Phi) is 5.02. The SMILES string of the molecule is Fc1cncc(F)c1NCCc1ccccc1N1CCOCC1. The molecule has 0 aliphatic carbocycles. The second-order valence-electron chi connectivity index (χ2n) is 5.38. The molecular formula is C17H19F2N3O. The molecule has 1 N–H and O–H groups in total. The minimum absolute atomic E-state index is 0.121. The molecule has 0 amide bonds. The Labute approximate surface area is 134 Å². The molecule has 1 aromatic carbocycles. The summed E-state index contributed by atoms with van der Waals surface area (Å²) in [4.78, 5) is 5.76. The topological polar surface area (TPSA) is 37.4 Å². The molecule has 1 saturated heterocycles. The van der Waals surface area contributed by atoms with Crippen LogP contribution in [0.25, 0.3) is 0 Å². The van der Waals surface area contributed by atoms with E-state index in [1.165, 1.54) is 0 Å². The quantitative estimate of drug-likeness (QED) is 0.919. The van der Waals surface area contributed by atoms with E-state index >= 15 is 0 Å². The molecule has 0 atom stereocenters. The highest BCUT2D eigenvalue weighted by molar-refractivity contribution is 5.54. The van der Waals surface area contributed by atoms with Crippen molar-refractivity contribution in [2.75, 3.05) is 43.1 Å². The van der Waals surface area contributed by atoms with Crippen LogP contribution < -0.4 is 10.2 Å². The van der Waals surface area contributed by atoms with Crippen molar-refractivity contribution in [3.8, 4) is 0 Å². The summed E-state index contributed by atoms with van der Waals surface area (Å²) >= 11 is 0. The fourth-order valence-corrected chi connectivity index (χ4v) is 2.74. The Balaban J connectivity index is 1.66. The standard InChI is InChI=1S/C17H19F2N3O/c18-14-11-20-12-15(19)17(14)21-6-5-13-3-1-2-4-16(13)22-7-9-23-10-8-22/h1-4,11-12H,5-10H2,(H,20,21). The van der Waals surface area contributed by atoms with E-state index in [1.807, 2.05) is 18.2 Å². The first-order chi connectivity index (χ1) is 11.3. The van der Waals surface area contributed by atoms with Crippen molar-refractivity contribution in [3.05, 3.63) is 53.9 Å². The Bertz CT molecular complexity index is 640. The number of hydrogen-bond donors (Lipinski definition) is 1. The summed E-state index contributed by atoms with van der Waals surface area (Å²) < 4.78 is 32.5. The van der Waals surface area contributed by atoms with E-state index in [1.54, 1.807) is 0 Å². The van der Waals surface area contributed by atoms with E-state index in [2.05, 4.69) is 21.3 Å². The first kappa shape index (κ1) is 15.7. The number of benzene rings is 1. The summed E-state index contributed by atoms with van der Waals surface area (Å²) in [7, 11) is 0. The van der Waals surface area contributed by atoms with Gasteiger partial charge in [0.25, 0.3) is 0 Å². The van der Waals surface area contributed by atoms with Crippen molar-refractivity contribution in [2.24, 2.45) is 0 Å². The molecule has 3 rings (SSSR count). The van der Waals surface area contributed by atoms with Crippen molar-refractivity contribution < 1.29 is 13.5 Å². The van der Waals surface area contributed by atoms with E-state index in [-0.39, 0.29) is 5.69 Å². The highest BCUT2D eigenvalue weighted by Crippen LogP contribution is 2.22. The molecule has 0 spiro atoms. The molecule has 23 heavy (non-hydrogen) atoms. The third-order valence-electron chi connectivity index (χ3n) is 3.89. The van der Waals surface area contributed by atoms with Gasteiger partial charge in [-0.2, -0.15) is 0 Å². The minimum Gasteiger partial charge on any atom is -0.380 e. The second-order valence-corrected chi connectivity index (χ2v) is 5.38. The van der Waals surface area contributed by atoms with Gasteiger partial charge in [0, 0.05) is 25.3 Å². The lowest BCUT2D eigenvalue weighted by Gasteiger charge is -2.30. The number of hydrogen-bond acceptors (Lipinski definition) is 4. The van der Waals surface area contributed by atoms with Crippen LogP contribution in [0.1, 0.15) is 5.56 Å². The normalized spacial score (nSPS) is 14.8. The average molecular weight is 319 g/mol. The first-order valence-corrected chi connectivity index (χ1v) is 7.69. The third-order valence-corrected chi connectivity index (χ3v) is 3.89. The van der Waals surface area contributed by atoms with Gasteiger partial charge in [-0.1, -0.05) is 18.2 Å². The maximum atomic E-state index is 13.6. The Morgan fingerprint density at radius 3 is 2.52 bits per heavy atom. The molecule has 1 aliphatic rings. The molecule has 6 heteroatoms. The molecule has 2 heterocycles. The molecule has 1 aliphatic heterocycles. The molecule has 4 nitrogen and oxygen atoms in total. The number of anilines is 2. The van der Waals surface area contributed by atoms with Crippen molar-refractivity contribution in [1.29, 1.82) is 0 Å². The number of rotatable bonds is 5. The van der Waals surface area contributed by atoms with Crippen LogP contribution in [0, 0.1) is 11.6 Å². The van der Waals surface area contributed by atoms with Crippen LogP contribution >= 0.6 is 0 Å². The molecule has 2 aromatic rings. The molecule has 0 saturated carbocycles. The van der Waals surface area contributed by atoms with Gasteiger partial charge in [0.1, 0.15) is 5.69 Å². The summed E-state index contributed by atoms with van der Waals surface area (Å²) in [5.74, 6) is -1.35. The third kappa shape index (κ3) is 3.76. The highest BCUT2D eigenvalue weighted by atomic mass is 19.1. The molecular weight excluding hydrogens is 300 g/mol. The van der Waals surface area contributed by atoms with Crippen LogP contribution in [0.5, 0.6) is 0 Å². The fraction of sp³-hybridized carbons (Fsp3) is 0.353. The van der Waals surface area contributed by atoms with Gasteiger partial charge in [-0.05, 0) is 18.1 Å². The molecule has 0 radical (unpaired) electrons. The van der Waals surface area contributed by atoms with Gasteiger partial charge in [0.2, 0.25) is 0 Å². The van der Waals surface area contributed by atoms with Crippen LogP contribution in [0.15, 0.2) is 36.7 Å². The summed E-state index contributed by atoms with van der Waals surface area (Å²) in [5.41, 5.74) is 2.19. The van der Waals surface area contributed by atoms with Crippen LogP contribution in [-0.4, -0.2) is 37.8 Å². The minimum atomic E-state index is -0.675. The van der Waals surface area contributed by atoms with E-state index in [9.17, 15) is 8.78 Å². The number of ether oxygens (including phenoxy) is 1. The van der Waals surface area contributed by atoms with Crippen molar-refractivity contribution >= 4 is 11.4 Å². The summed E-state index contributed by atoms with van der Waals surface area (Å²) in [6, 6.07) is 8.11. The number of para-hydroxylation sites is 1. The van der Waals surface area contributed by atoms with Gasteiger partial charge in [-0.3, -0.25) is 4.98 Å². The number of nitrogens with zero attached hydrogens (tertiary/aromatic N) is 2. The van der Waals surface area contributed by atoms with Gasteiger partial charge >= 0.3 is 0 Å². The Hall–Kier alpha value is -2.21. The Morgan fingerprint density at radius 1 is 1.09 bits per heavy atom. The van der Waals surface area contributed by atoms with Crippen molar-refractivity contribution in [2.45, 2.75) is 6.42 Å². The number of halogens is 2. The van der Waals surface area contributed by atoms with Gasteiger partial charge < -0.3 is 15.0 Å². The Morgan fingerprint density at radius 2 is 1.78 bits per heavy atom.